The fourth-order valence-corrected chi connectivity index (χ4v) is 8.72. The van der Waals surface area contributed by atoms with Gasteiger partial charge in [0.2, 0.25) is 5.91 Å². The van der Waals surface area contributed by atoms with Crippen LogP contribution >= 0.6 is 0 Å². The predicted molar refractivity (Wildman–Crippen MR) is 263 cm³/mol. The van der Waals surface area contributed by atoms with Crippen LogP contribution in [0.15, 0.2) is 24.3 Å². The van der Waals surface area contributed by atoms with Gasteiger partial charge in [0.1, 0.15) is 24.4 Å². The molecule has 7 atom stereocenters. The third-order valence-electron chi connectivity index (χ3n) is 13.1. The first-order valence-electron chi connectivity index (χ1n) is 27.0. The Labute approximate surface area is 388 Å². The van der Waals surface area contributed by atoms with Crippen molar-refractivity contribution in [1.82, 2.24) is 5.32 Å². The Balaban J connectivity index is 2.23. The number of aliphatic hydroxyl groups excluding tert-OH is 5. The molecule has 1 heterocycles. The van der Waals surface area contributed by atoms with Crippen LogP contribution in [0.25, 0.3) is 0 Å². The van der Waals surface area contributed by atoms with Gasteiger partial charge in [-0.1, -0.05) is 231 Å². The maximum absolute atomic E-state index is 13.0. The highest BCUT2D eigenvalue weighted by Crippen LogP contribution is 2.23. The van der Waals surface area contributed by atoms with Crippen LogP contribution in [0.4, 0.5) is 0 Å². The lowest BCUT2D eigenvalue weighted by molar-refractivity contribution is -0.302. The van der Waals surface area contributed by atoms with E-state index in [9.17, 15) is 30.3 Å². The highest BCUT2D eigenvalue weighted by atomic mass is 16.7. The largest absolute Gasteiger partial charge is 0.394 e. The molecule has 1 saturated heterocycles. The van der Waals surface area contributed by atoms with Crippen LogP contribution in [-0.4, -0.2) is 87.5 Å². The van der Waals surface area contributed by atoms with Gasteiger partial charge in [-0.05, 0) is 44.9 Å². The van der Waals surface area contributed by atoms with E-state index in [1.807, 2.05) is 0 Å². The number of hydrogen-bond acceptors (Lipinski definition) is 8. The molecular formula is C54H103NO8. The molecule has 1 amide bonds. The molecule has 372 valence electrons. The van der Waals surface area contributed by atoms with Crippen LogP contribution in [0.5, 0.6) is 0 Å². The van der Waals surface area contributed by atoms with E-state index < -0.39 is 49.5 Å². The number of nitrogens with one attached hydrogen (secondary N) is 1. The molecule has 9 heteroatoms. The van der Waals surface area contributed by atoms with Gasteiger partial charge in [-0.15, -0.1) is 0 Å². The summed E-state index contributed by atoms with van der Waals surface area (Å²) in [5, 5.41) is 54.6. The van der Waals surface area contributed by atoms with Crippen molar-refractivity contribution in [3.8, 4) is 0 Å². The minimum Gasteiger partial charge on any atom is -0.394 e. The molecule has 9 nitrogen and oxygen atoms in total. The summed E-state index contributed by atoms with van der Waals surface area (Å²) in [5.74, 6) is -0.150. The first kappa shape index (κ1) is 59.7. The van der Waals surface area contributed by atoms with E-state index in [-0.39, 0.29) is 12.5 Å². The van der Waals surface area contributed by atoms with Gasteiger partial charge in [-0.25, -0.2) is 0 Å². The Morgan fingerprint density at radius 3 is 1.40 bits per heavy atom. The number of unbranched alkanes of at least 4 members (excludes halogenated alkanes) is 32. The fourth-order valence-electron chi connectivity index (χ4n) is 8.72. The van der Waals surface area contributed by atoms with Gasteiger partial charge in [-0.3, -0.25) is 4.79 Å². The van der Waals surface area contributed by atoms with Crippen LogP contribution < -0.4 is 5.32 Å². The van der Waals surface area contributed by atoms with Crippen LogP contribution in [0.2, 0.25) is 0 Å². The predicted octanol–water partition coefficient (Wildman–Crippen LogP) is 12.6. The normalized spacial score (nSPS) is 20.3. The Morgan fingerprint density at radius 2 is 0.937 bits per heavy atom. The number of ether oxygens (including phenoxy) is 2. The zero-order chi connectivity index (χ0) is 45.9. The molecule has 0 spiro atoms. The molecule has 1 fully saturated rings. The summed E-state index contributed by atoms with van der Waals surface area (Å²) in [7, 11) is 0. The molecule has 0 radical (unpaired) electrons. The average Bonchev–Trinajstić information content (AvgIpc) is 3.28. The Hall–Kier alpha value is -1.33. The van der Waals surface area contributed by atoms with Crippen molar-refractivity contribution in [2.45, 2.75) is 301 Å². The lowest BCUT2D eigenvalue weighted by Crippen LogP contribution is -2.60. The van der Waals surface area contributed by atoms with E-state index in [1.54, 1.807) is 0 Å². The summed E-state index contributed by atoms with van der Waals surface area (Å²) < 4.78 is 11.3. The van der Waals surface area contributed by atoms with E-state index in [2.05, 4.69) is 43.5 Å². The number of rotatable bonds is 46. The number of allylic oxidation sites excluding steroid dienone is 4. The van der Waals surface area contributed by atoms with E-state index in [1.165, 1.54) is 180 Å². The highest BCUT2D eigenvalue weighted by molar-refractivity contribution is 5.76. The average molecular weight is 894 g/mol. The van der Waals surface area contributed by atoms with Crippen molar-refractivity contribution in [2.24, 2.45) is 0 Å². The van der Waals surface area contributed by atoms with Crippen LogP contribution in [0.1, 0.15) is 258 Å². The second-order valence-electron chi connectivity index (χ2n) is 19.0. The van der Waals surface area contributed by atoms with Crippen molar-refractivity contribution in [3.05, 3.63) is 24.3 Å². The molecule has 1 aliphatic rings. The Morgan fingerprint density at radius 1 is 0.540 bits per heavy atom. The second kappa shape index (κ2) is 44.5. The summed E-state index contributed by atoms with van der Waals surface area (Å²) in [6, 6.07) is -0.722. The van der Waals surface area contributed by atoms with Gasteiger partial charge in [0.25, 0.3) is 0 Å². The molecule has 0 aliphatic carbocycles. The zero-order valence-electron chi connectivity index (χ0n) is 41.1. The molecular weight excluding hydrogens is 791 g/mol. The molecule has 1 rings (SSSR count). The van der Waals surface area contributed by atoms with E-state index in [0.29, 0.717) is 12.8 Å². The maximum atomic E-state index is 13.0. The van der Waals surface area contributed by atoms with Crippen molar-refractivity contribution in [1.29, 1.82) is 0 Å². The molecule has 0 saturated carbocycles. The van der Waals surface area contributed by atoms with Crippen LogP contribution in [-0.2, 0) is 14.3 Å². The first-order chi connectivity index (χ1) is 30.8. The number of carbonyl (C=O) groups is 1. The minimum absolute atomic E-state index is 0.139. The molecule has 7 unspecified atom stereocenters. The Kier molecular flexibility index (Phi) is 42.2. The van der Waals surface area contributed by atoms with Gasteiger partial charge in [0.05, 0.1) is 25.4 Å². The molecule has 1 aliphatic heterocycles. The highest BCUT2D eigenvalue weighted by Gasteiger charge is 2.44. The molecule has 0 bridgehead atoms. The smallest absolute Gasteiger partial charge is 0.220 e. The van der Waals surface area contributed by atoms with Gasteiger partial charge in [-0.2, -0.15) is 0 Å². The van der Waals surface area contributed by atoms with E-state index in [4.69, 9.17) is 9.47 Å². The number of hydrogen-bond donors (Lipinski definition) is 6. The van der Waals surface area contributed by atoms with Crippen molar-refractivity contribution in [3.63, 3.8) is 0 Å². The lowest BCUT2D eigenvalue weighted by Gasteiger charge is -2.40. The molecule has 0 aromatic heterocycles. The summed E-state index contributed by atoms with van der Waals surface area (Å²) in [6.45, 7) is 3.83. The Bertz CT molecular complexity index is 1040. The van der Waals surface area contributed by atoms with Crippen LogP contribution in [0.3, 0.4) is 0 Å². The summed E-state index contributed by atoms with van der Waals surface area (Å²) in [6.07, 6.45) is 47.6. The minimum atomic E-state index is -1.55. The number of carbonyl (C=O) groups excluding carboxylic acids is 1. The zero-order valence-corrected chi connectivity index (χ0v) is 41.1. The summed E-state index contributed by atoms with van der Waals surface area (Å²) >= 11 is 0. The van der Waals surface area contributed by atoms with E-state index in [0.717, 1.165) is 51.4 Å². The standard InChI is InChI=1S/C54H103NO8/c1-3-5-7-9-11-13-15-17-19-21-22-23-24-25-26-28-29-31-33-35-37-39-41-43-48(57)47(46-62-54-53(61)52(60)51(59)49(45-56)63-54)55-50(58)44-42-40-38-36-34-32-30-27-20-18-16-14-12-10-8-6-4-2/h12,14,18,20,47-49,51-54,56-57,59-61H,3-11,13,15-17,19,21-46H2,1-2H3,(H,55,58)/b14-12-,20-18-. The van der Waals surface area contributed by atoms with Gasteiger partial charge >= 0.3 is 0 Å². The topological polar surface area (TPSA) is 149 Å². The quantitative estimate of drug-likeness (QED) is 0.0261. The number of amides is 1. The van der Waals surface area contributed by atoms with E-state index >= 15 is 0 Å². The maximum Gasteiger partial charge on any atom is 0.220 e. The fraction of sp³-hybridized carbons (Fsp3) is 0.907. The first-order valence-corrected chi connectivity index (χ1v) is 27.0. The monoisotopic (exact) mass is 894 g/mol. The van der Waals surface area contributed by atoms with Gasteiger partial charge in [0, 0.05) is 6.42 Å². The third-order valence-corrected chi connectivity index (χ3v) is 13.1. The molecule has 6 N–H and O–H groups in total. The van der Waals surface area contributed by atoms with Gasteiger partial charge in [0.15, 0.2) is 6.29 Å². The summed E-state index contributed by atoms with van der Waals surface area (Å²) in [5.41, 5.74) is 0. The summed E-state index contributed by atoms with van der Waals surface area (Å²) in [4.78, 5) is 13.0. The van der Waals surface area contributed by atoms with Crippen LogP contribution in [0, 0.1) is 0 Å². The van der Waals surface area contributed by atoms with Gasteiger partial charge < -0.3 is 40.3 Å². The molecule has 0 aromatic carbocycles. The second-order valence-corrected chi connectivity index (χ2v) is 19.0. The van der Waals surface area contributed by atoms with Crippen molar-refractivity contribution < 1.29 is 39.8 Å². The molecule has 63 heavy (non-hydrogen) atoms. The SMILES string of the molecule is CCCCC/C=C\C/C=C\CCCCCCCCCC(=O)NC(COC1OC(CO)C(O)C(O)C1O)C(O)CCCCCCCCCCCCCCCCCCCCCCCCC. The number of aliphatic hydroxyl groups is 5. The third kappa shape index (κ3) is 34.6. The lowest BCUT2D eigenvalue weighted by atomic mass is 9.99. The molecule has 0 aromatic rings. The van der Waals surface area contributed by atoms with Crippen molar-refractivity contribution >= 4 is 5.91 Å². The van der Waals surface area contributed by atoms with Crippen molar-refractivity contribution in [2.75, 3.05) is 13.2 Å².